The second-order valence-corrected chi connectivity index (χ2v) is 10.0. The number of carbonyl (C=O) groups excluding carboxylic acids is 1. The maximum Gasteiger partial charge on any atom is 0.246 e. The zero-order valence-corrected chi connectivity index (χ0v) is 20.6. The van der Waals surface area contributed by atoms with Gasteiger partial charge in [-0.05, 0) is 55.0 Å². The molecule has 0 radical (unpaired) electrons. The normalized spacial score (nSPS) is 15.6. The number of hydrogen-bond acceptors (Lipinski definition) is 6. The average molecular weight is 496 g/mol. The lowest BCUT2D eigenvalue weighted by Crippen LogP contribution is -2.46. The molecule has 8 nitrogen and oxygen atoms in total. The van der Waals surface area contributed by atoms with Crippen LogP contribution in [0, 0.1) is 0 Å². The second kappa shape index (κ2) is 10.8. The number of nitrogens with one attached hydrogen (secondary N) is 1. The minimum Gasteiger partial charge on any atom is -0.485 e. The molecule has 2 heterocycles. The van der Waals surface area contributed by atoms with E-state index in [2.05, 4.69) is 16.5 Å². The number of para-hydroxylation sites is 2. The predicted molar refractivity (Wildman–Crippen MR) is 135 cm³/mol. The smallest absolute Gasteiger partial charge is 0.246 e. The van der Waals surface area contributed by atoms with Gasteiger partial charge in [-0.15, -0.1) is 0 Å². The Morgan fingerprint density at radius 1 is 1.14 bits per heavy atom. The number of amides is 1. The number of benzene rings is 2. The van der Waals surface area contributed by atoms with Crippen molar-refractivity contribution in [1.82, 2.24) is 9.62 Å². The van der Waals surface area contributed by atoms with Crippen LogP contribution in [-0.2, 0) is 21.4 Å². The molecule has 1 amide bonds. The molecule has 0 aliphatic carbocycles. The SMILES string of the molecule is CCN1CC(CN(C)C(=O)/C=C/c2ccc(S(=O)(=O)NCc3ccco3)cc2)Oc2ccccc21. The van der Waals surface area contributed by atoms with Crippen molar-refractivity contribution in [3.63, 3.8) is 0 Å². The third-order valence-corrected chi connectivity index (χ3v) is 7.20. The first-order valence-electron chi connectivity index (χ1n) is 11.4. The van der Waals surface area contributed by atoms with Gasteiger partial charge in [0.1, 0.15) is 17.6 Å². The van der Waals surface area contributed by atoms with E-state index >= 15 is 0 Å². The van der Waals surface area contributed by atoms with E-state index in [9.17, 15) is 13.2 Å². The number of rotatable bonds is 9. The number of ether oxygens (including phenoxy) is 1. The van der Waals surface area contributed by atoms with E-state index in [-0.39, 0.29) is 23.5 Å². The lowest BCUT2D eigenvalue weighted by Gasteiger charge is -2.37. The van der Waals surface area contributed by atoms with Crippen LogP contribution in [0.2, 0.25) is 0 Å². The number of carbonyl (C=O) groups is 1. The van der Waals surface area contributed by atoms with Gasteiger partial charge in [-0.3, -0.25) is 4.79 Å². The molecule has 0 spiro atoms. The van der Waals surface area contributed by atoms with E-state index in [1.807, 2.05) is 24.3 Å². The molecule has 2 aromatic carbocycles. The van der Waals surface area contributed by atoms with Crippen LogP contribution in [0.3, 0.4) is 0 Å². The first kappa shape index (κ1) is 24.6. The van der Waals surface area contributed by atoms with Crippen LogP contribution in [0.15, 0.2) is 82.3 Å². The van der Waals surface area contributed by atoms with Gasteiger partial charge in [0.05, 0.1) is 36.5 Å². The maximum absolute atomic E-state index is 12.7. The summed E-state index contributed by atoms with van der Waals surface area (Å²) in [5, 5.41) is 0. The summed E-state index contributed by atoms with van der Waals surface area (Å²) in [6, 6.07) is 17.6. The Morgan fingerprint density at radius 3 is 2.63 bits per heavy atom. The van der Waals surface area contributed by atoms with Crippen molar-refractivity contribution in [1.29, 1.82) is 0 Å². The Labute approximate surface area is 205 Å². The maximum atomic E-state index is 12.7. The highest BCUT2D eigenvalue weighted by atomic mass is 32.2. The third kappa shape index (κ3) is 6.12. The molecule has 35 heavy (non-hydrogen) atoms. The van der Waals surface area contributed by atoms with Crippen molar-refractivity contribution < 1.29 is 22.4 Å². The number of furan rings is 1. The van der Waals surface area contributed by atoms with Crippen LogP contribution in [0.4, 0.5) is 5.69 Å². The molecule has 0 fully saturated rings. The standard InChI is InChI=1S/C26H29N3O5S/c1-3-29-19-22(34-25-9-5-4-8-24(25)29)18-28(2)26(30)15-12-20-10-13-23(14-11-20)35(31,32)27-17-21-7-6-16-33-21/h4-16,22,27H,3,17-19H2,1-2H3/b15-12+. The van der Waals surface area contributed by atoms with E-state index in [1.54, 1.807) is 42.3 Å². The van der Waals surface area contributed by atoms with E-state index < -0.39 is 10.0 Å². The Bertz CT molecular complexity index is 1270. The highest BCUT2D eigenvalue weighted by molar-refractivity contribution is 7.89. The molecule has 1 unspecified atom stereocenters. The molecule has 0 bridgehead atoms. The molecule has 0 saturated heterocycles. The molecule has 1 aliphatic rings. The van der Waals surface area contributed by atoms with Crippen LogP contribution in [-0.4, -0.2) is 52.0 Å². The number of anilines is 1. The fourth-order valence-electron chi connectivity index (χ4n) is 3.88. The summed E-state index contributed by atoms with van der Waals surface area (Å²) >= 11 is 0. The van der Waals surface area contributed by atoms with Gasteiger partial charge >= 0.3 is 0 Å². The van der Waals surface area contributed by atoms with Crippen molar-refractivity contribution in [2.75, 3.05) is 31.6 Å². The quantitative estimate of drug-likeness (QED) is 0.457. The topological polar surface area (TPSA) is 92.1 Å². The molecule has 4 rings (SSSR count). The van der Waals surface area contributed by atoms with E-state index in [0.717, 1.165) is 23.5 Å². The van der Waals surface area contributed by atoms with Crippen molar-refractivity contribution in [3.8, 4) is 5.75 Å². The summed E-state index contributed by atoms with van der Waals surface area (Å²) in [5.74, 6) is 1.20. The van der Waals surface area contributed by atoms with Crippen LogP contribution < -0.4 is 14.4 Å². The van der Waals surface area contributed by atoms with Gasteiger partial charge in [0.25, 0.3) is 0 Å². The van der Waals surface area contributed by atoms with Gasteiger partial charge in [0.15, 0.2) is 0 Å². The number of likely N-dealkylation sites (N-methyl/N-ethyl adjacent to an activating group) is 2. The Hall–Kier alpha value is -3.56. The minimum atomic E-state index is -3.67. The van der Waals surface area contributed by atoms with Crippen LogP contribution in [0.5, 0.6) is 5.75 Å². The van der Waals surface area contributed by atoms with Crippen molar-refractivity contribution in [2.24, 2.45) is 0 Å². The second-order valence-electron chi connectivity index (χ2n) is 8.27. The lowest BCUT2D eigenvalue weighted by molar-refractivity contribution is -0.125. The number of fused-ring (bicyclic) bond motifs is 1. The summed E-state index contributed by atoms with van der Waals surface area (Å²) in [7, 11) is -1.93. The molecular weight excluding hydrogens is 466 g/mol. The van der Waals surface area contributed by atoms with Crippen LogP contribution >= 0.6 is 0 Å². The van der Waals surface area contributed by atoms with Crippen molar-refractivity contribution in [2.45, 2.75) is 24.5 Å². The average Bonchev–Trinajstić information content (AvgIpc) is 3.39. The van der Waals surface area contributed by atoms with Gasteiger partial charge in [-0.1, -0.05) is 24.3 Å². The molecule has 1 aliphatic heterocycles. The zero-order valence-electron chi connectivity index (χ0n) is 19.8. The summed E-state index contributed by atoms with van der Waals surface area (Å²) < 4.78 is 38.7. The minimum absolute atomic E-state index is 0.0735. The van der Waals surface area contributed by atoms with E-state index in [4.69, 9.17) is 9.15 Å². The van der Waals surface area contributed by atoms with Gasteiger partial charge in [-0.2, -0.15) is 0 Å². The van der Waals surface area contributed by atoms with Gasteiger partial charge in [0, 0.05) is 19.7 Å². The zero-order chi connectivity index (χ0) is 24.8. The Kier molecular flexibility index (Phi) is 7.57. The van der Waals surface area contributed by atoms with E-state index in [0.29, 0.717) is 18.8 Å². The number of nitrogens with zero attached hydrogens (tertiary/aromatic N) is 2. The Morgan fingerprint density at radius 2 is 1.91 bits per heavy atom. The molecule has 184 valence electrons. The summed E-state index contributed by atoms with van der Waals surface area (Å²) in [6.45, 7) is 4.19. The predicted octanol–water partition coefficient (Wildman–Crippen LogP) is 3.52. The molecule has 1 N–H and O–H groups in total. The summed E-state index contributed by atoms with van der Waals surface area (Å²) in [5.41, 5.74) is 1.79. The molecular formula is C26H29N3O5S. The Balaban J connectivity index is 1.32. The number of sulfonamides is 1. The first-order chi connectivity index (χ1) is 16.9. The number of hydrogen-bond donors (Lipinski definition) is 1. The molecule has 1 aromatic heterocycles. The van der Waals surface area contributed by atoms with Crippen molar-refractivity contribution in [3.05, 3.63) is 84.3 Å². The largest absolute Gasteiger partial charge is 0.485 e. The van der Waals surface area contributed by atoms with Crippen LogP contribution in [0.25, 0.3) is 6.08 Å². The van der Waals surface area contributed by atoms with Crippen molar-refractivity contribution >= 4 is 27.7 Å². The first-order valence-corrected chi connectivity index (χ1v) is 12.9. The third-order valence-electron chi connectivity index (χ3n) is 5.78. The van der Waals surface area contributed by atoms with Gasteiger partial charge in [-0.25, -0.2) is 13.1 Å². The van der Waals surface area contributed by atoms with Crippen LogP contribution in [0.1, 0.15) is 18.2 Å². The molecule has 9 heteroatoms. The monoisotopic (exact) mass is 495 g/mol. The fraction of sp³-hybridized carbons (Fsp3) is 0.269. The van der Waals surface area contributed by atoms with Gasteiger partial charge in [0.2, 0.25) is 15.9 Å². The fourth-order valence-corrected chi connectivity index (χ4v) is 4.88. The highest BCUT2D eigenvalue weighted by Crippen LogP contribution is 2.32. The highest BCUT2D eigenvalue weighted by Gasteiger charge is 2.26. The summed E-state index contributed by atoms with van der Waals surface area (Å²) in [4.78, 5) is 16.7. The molecule has 0 saturated carbocycles. The molecule has 3 aromatic rings. The van der Waals surface area contributed by atoms with E-state index in [1.165, 1.54) is 24.5 Å². The summed E-state index contributed by atoms with van der Waals surface area (Å²) in [6.07, 6.45) is 4.50. The van der Waals surface area contributed by atoms with Gasteiger partial charge < -0.3 is 19.0 Å². The lowest BCUT2D eigenvalue weighted by atomic mass is 10.1. The molecule has 1 atom stereocenters.